The third-order valence-corrected chi connectivity index (χ3v) is 18.4. The molecule has 0 fully saturated rings. The van der Waals surface area contributed by atoms with Crippen LogP contribution < -0.4 is 26.8 Å². The van der Waals surface area contributed by atoms with Gasteiger partial charge in [0.2, 0.25) is 23.6 Å². The summed E-state index contributed by atoms with van der Waals surface area (Å²) in [7, 11) is -11.4. The average molecular weight is 954 g/mol. The number of carbonyl (C=O) groups is 4. The van der Waals surface area contributed by atoms with Crippen molar-refractivity contribution in [2.45, 2.75) is 104 Å². The Hall–Kier alpha value is -4.63. The number of sulfone groups is 2. The van der Waals surface area contributed by atoms with Crippen molar-refractivity contribution in [1.29, 1.82) is 0 Å². The van der Waals surface area contributed by atoms with Crippen LogP contribution in [0.3, 0.4) is 0 Å². The second-order valence-electron chi connectivity index (χ2n) is 19.7. The highest BCUT2D eigenvalue weighted by Crippen LogP contribution is 2.33. The van der Waals surface area contributed by atoms with Crippen molar-refractivity contribution >= 4 is 72.1 Å². The lowest BCUT2D eigenvalue weighted by Crippen LogP contribution is -2.53. The van der Waals surface area contributed by atoms with E-state index in [1.165, 1.54) is 0 Å². The molecule has 1 unspecified atom stereocenters. The maximum absolute atomic E-state index is 14.0. The molecule has 356 valence electrons. The Kier molecular flexibility index (Phi) is 17.4. The molecule has 5 atom stereocenters. The summed E-state index contributed by atoms with van der Waals surface area (Å²) in [6, 6.07) is 24.2. The van der Waals surface area contributed by atoms with Crippen LogP contribution in [0.4, 0.5) is 0 Å². The molecule has 0 radical (unpaired) electrons. The average Bonchev–Trinajstić information content (AvgIpc) is 3.21. The first kappa shape index (κ1) is 53.0. The van der Waals surface area contributed by atoms with Crippen molar-refractivity contribution in [1.82, 2.24) is 21.3 Å². The lowest BCUT2D eigenvalue weighted by molar-refractivity contribution is -0.131. The molecule has 0 bridgehead atoms. The zero-order valence-corrected chi connectivity index (χ0v) is 41.8. The molecule has 65 heavy (non-hydrogen) atoms. The fourth-order valence-electron chi connectivity index (χ4n) is 7.18. The number of amides is 4. The van der Waals surface area contributed by atoms with Gasteiger partial charge in [0.05, 0.1) is 45.4 Å². The van der Waals surface area contributed by atoms with Gasteiger partial charge >= 0.3 is 0 Å². The Labute approximate surface area is 385 Å². The van der Waals surface area contributed by atoms with Gasteiger partial charge in [-0.15, -0.1) is 0 Å². The Morgan fingerprint density at radius 2 is 1.00 bits per heavy atom. The fourth-order valence-corrected chi connectivity index (χ4v) is 10.7. The summed E-state index contributed by atoms with van der Waals surface area (Å²) in [5, 5.41) is 14.3. The fraction of sp³-hybridized carbons (Fsp3) is 0.500. The maximum atomic E-state index is 14.0. The molecule has 0 aliphatic heterocycles. The van der Waals surface area contributed by atoms with E-state index in [0.29, 0.717) is 0 Å². The quantitative estimate of drug-likeness (QED) is 0.0640. The number of nitrogens with one attached hydrogen (secondary N) is 4. The van der Waals surface area contributed by atoms with Crippen LogP contribution in [0.15, 0.2) is 84.9 Å². The first-order chi connectivity index (χ1) is 30.0. The molecule has 0 aromatic heterocycles. The van der Waals surface area contributed by atoms with Gasteiger partial charge in [-0.1, -0.05) is 113 Å². The number of hydrogen-bond acceptors (Lipinski definition) is 9. The van der Waals surface area contributed by atoms with Gasteiger partial charge < -0.3 is 25.8 Å². The first-order valence-electron chi connectivity index (χ1n) is 21.9. The standard InChI is InChI=1S/C48H68N5O9PS2/c1-31(2)41(52-43(54)38(27-64(59,60)47(5,6)7)25-33-22-23-34-16-11-12-18-36(34)24-33)45(56)50-29-63(49,58)30-51-46(57)42(32(3)4)53-44(55)39(28-65(61,62)48(8,9)10)26-37-20-15-19-35-17-13-14-21-40(35)37/h11-24,31-32,38-39,41-42H,25-30H2,1-10H3,(H2,49,58)(H,50,56)(H,51,57)(H,52,54)(H,53,55)/t38-,39-,41+,42+,63?/m1/s1. The predicted octanol–water partition coefficient (Wildman–Crippen LogP) is 6.10. The number of nitrogens with two attached hydrogens (primary N) is 1. The Morgan fingerprint density at radius 3 is 1.48 bits per heavy atom. The number of carbonyl (C=O) groups excluding carboxylic acids is 4. The van der Waals surface area contributed by atoms with Crippen LogP contribution >= 0.6 is 7.29 Å². The van der Waals surface area contributed by atoms with Gasteiger partial charge in [0.15, 0.2) is 27.0 Å². The van der Waals surface area contributed by atoms with E-state index in [0.717, 1.165) is 32.7 Å². The van der Waals surface area contributed by atoms with Gasteiger partial charge in [-0.25, -0.2) is 16.8 Å². The largest absolute Gasteiger partial charge is 0.346 e. The molecule has 4 amide bonds. The number of fused-ring (bicyclic) bond motifs is 2. The molecule has 4 rings (SSSR count). The van der Waals surface area contributed by atoms with Gasteiger partial charge in [-0.2, -0.15) is 0 Å². The minimum absolute atomic E-state index is 0.0889. The number of rotatable bonds is 20. The van der Waals surface area contributed by atoms with Crippen LogP contribution in [0, 0.1) is 23.7 Å². The summed E-state index contributed by atoms with van der Waals surface area (Å²) < 4.78 is 65.1. The summed E-state index contributed by atoms with van der Waals surface area (Å²) in [5.74, 6) is -6.67. The molecular formula is C48H68N5O9PS2. The van der Waals surface area contributed by atoms with Crippen LogP contribution in [0.2, 0.25) is 0 Å². The van der Waals surface area contributed by atoms with Crippen LogP contribution in [-0.2, 0) is 56.3 Å². The molecule has 4 aromatic rings. The summed E-state index contributed by atoms with van der Waals surface area (Å²) in [4.78, 5) is 55.3. The Bertz CT molecular complexity index is 2630. The predicted molar refractivity (Wildman–Crippen MR) is 261 cm³/mol. The van der Waals surface area contributed by atoms with E-state index in [4.69, 9.17) is 5.50 Å². The van der Waals surface area contributed by atoms with Crippen molar-refractivity contribution in [3.05, 3.63) is 96.1 Å². The van der Waals surface area contributed by atoms with E-state index >= 15 is 0 Å². The highest BCUT2D eigenvalue weighted by Gasteiger charge is 2.38. The minimum Gasteiger partial charge on any atom is -0.346 e. The molecule has 6 N–H and O–H groups in total. The molecule has 0 aliphatic carbocycles. The molecule has 17 heteroatoms. The second-order valence-corrected chi connectivity index (χ2v) is 27.8. The van der Waals surface area contributed by atoms with Crippen LogP contribution in [0.25, 0.3) is 21.5 Å². The Morgan fingerprint density at radius 1 is 0.569 bits per heavy atom. The van der Waals surface area contributed by atoms with E-state index in [1.54, 1.807) is 69.2 Å². The number of benzene rings is 4. The molecule has 0 aliphatic rings. The van der Waals surface area contributed by atoms with Crippen LogP contribution in [0.1, 0.15) is 80.4 Å². The van der Waals surface area contributed by atoms with E-state index in [1.807, 2.05) is 84.9 Å². The maximum Gasteiger partial charge on any atom is 0.243 e. The van der Waals surface area contributed by atoms with Crippen molar-refractivity contribution in [2.75, 3.05) is 24.1 Å². The summed E-state index contributed by atoms with van der Waals surface area (Å²) >= 11 is 0. The second kappa shape index (κ2) is 21.3. The van der Waals surface area contributed by atoms with Crippen LogP contribution in [0.5, 0.6) is 0 Å². The molecular weight excluding hydrogens is 886 g/mol. The third kappa shape index (κ3) is 14.4. The monoisotopic (exact) mass is 953 g/mol. The van der Waals surface area contributed by atoms with E-state index in [9.17, 15) is 40.6 Å². The van der Waals surface area contributed by atoms with Crippen molar-refractivity contribution < 1.29 is 40.6 Å². The van der Waals surface area contributed by atoms with Crippen molar-refractivity contribution in [2.24, 2.45) is 29.2 Å². The normalized spacial score (nSPS) is 15.5. The van der Waals surface area contributed by atoms with Gasteiger partial charge in [0.1, 0.15) is 12.1 Å². The minimum atomic E-state index is -3.82. The molecule has 0 saturated carbocycles. The zero-order valence-electron chi connectivity index (χ0n) is 39.3. The smallest absolute Gasteiger partial charge is 0.243 e. The Balaban J connectivity index is 1.44. The molecule has 14 nitrogen and oxygen atoms in total. The highest BCUT2D eigenvalue weighted by atomic mass is 32.2. The van der Waals surface area contributed by atoms with Gasteiger partial charge in [0, 0.05) is 0 Å². The topological polar surface area (TPSA) is 228 Å². The van der Waals surface area contributed by atoms with Gasteiger partial charge in [-0.05, 0) is 98.9 Å². The number of hydrogen-bond donors (Lipinski definition) is 5. The van der Waals surface area contributed by atoms with Crippen LogP contribution in [-0.4, -0.2) is 86.1 Å². The molecule has 4 aromatic carbocycles. The first-order valence-corrected chi connectivity index (χ1v) is 27.4. The third-order valence-electron chi connectivity index (χ3n) is 11.6. The highest BCUT2D eigenvalue weighted by molar-refractivity contribution is 7.93. The van der Waals surface area contributed by atoms with Gasteiger partial charge in [-0.3, -0.25) is 24.7 Å². The lowest BCUT2D eigenvalue weighted by atomic mass is 9.94. The molecule has 0 spiro atoms. The van der Waals surface area contributed by atoms with Gasteiger partial charge in [0.25, 0.3) is 0 Å². The van der Waals surface area contributed by atoms with E-state index < -0.39 is 120 Å². The SMILES string of the molecule is CC(C)[C@H](NC(=O)[C@H](Cc1ccc2ccccc2c1)CS(=O)(=O)C(C)(C)C)C(=O)NCP(N)(=O)CNC(=O)[C@@H](NC(=O)[C@H](Cc1cccc2ccccc12)CS(=O)(=O)C(C)(C)C)C(C)C. The van der Waals surface area contributed by atoms with Crippen molar-refractivity contribution in [3.8, 4) is 0 Å². The zero-order chi connectivity index (χ0) is 48.7. The molecule has 0 heterocycles. The van der Waals surface area contributed by atoms with E-state index in [-0.39, 0.29) is 12.8 Å². The summed E-state index contributed by atoms with van der Waals surface area (Å²) in [5.41, 5.74) is 7.68. The lowest BCUT2D eigenvalue weighted by Gasteiger charge is -2.28. The summed E-state index contributed by atoms with van der Waals surface area (Å²) in [6.07, 6.45) is -0.929. The van der Waals surface area contributed by atoms with E-state index in [2.05, 4.69) is 21.3 Å². The summed E-state index contributed by atoms with van der Waals surface area (Å²) in [6.45, 7) is 16.2. The van der Waals surface area contributed by atoms with Crippen molar-refractivity contribution in [3.63, 3.8) is 0 Å². The molecule has 0 saturated heterocycles.